The fourth-order valence-electron chi connectivity index (χ4n) is 0.818. The van der Waals surface area contributed by atoms with Crippen molar-refractivity contribution in [1.29, 1.82) is 0 Å². The Morgan fingerprint density at radius 2 is 2.27 bits per heavy atom. The number of aliphatic hydroxyl groups excluding tert-OH is 1. The van der Waals surface area contributed by atoms with Gasteiger partial charge in [0.1, 0.15) is 0 Å². The van der Waals surface area contributed by atoms with E-state index in [2.05, 4.69) is 12.2 Å². The smallest absolute Gasteiger partial charge is 0.0590 e. The predicted molar refractivity (Wildman–Crippen MR) is 45.7 cm³/mol. The first-order valence-electron chi connectivity index (χ1n) is 4.23. The summed E-state index contributed by atoms with van der Waals surface area (Å²) < 4.78 is 5.14. The molecule has 0 aromatic heterocycles. The molecule has 0 aromatic rings. The first-order valence-corrected chi connectivity index (χ1v) is 4.23. The second-order valence-electron chi connectivity index (χ2n) is 2.56. The van der Waals surface area contributed by atoms with Crippen LogP contribution < -0.4 is 5.32 Å². The molecular weight excluding hydrogens is 142 g/mol. The molecule has 0 heterocycles. The van der Waals surface area contributed by atoms with Crippen LogP contribution in [0, 0.1) is 0 Å². The first kappa shape index (κ1) is 10.9. The second-order valence-corrected chi connectivity index (χ2v) is 2.56. The normalized spacial score (nSPS) is 13.4. The van der Waals surface area contributed by atoms with Crippen LogP contribution in [0.5, 0.6) is 0 Å². The third-order valence-electron chi connectivity index (χ3n) is 1.51. The van der Waals surface area contributed by atoms with Crippen molar-refractivity contribution >= 4 is 0 Å². The summed E-state index contributed by atoms with van der Waals surface area (Å²) in [7, 11) is 0. The Hall–Kier alpha value is -0.120. The Kier molecular flexibility index (Phi) is 7.89. The molecule has 68 valence electrons. The largest absolute Gasteiger partial charge is 0.396 e. The molecule has 0 saturated heterocycles. The Morgan fingerprint density at radius 3 is 2.82 bits per heavy atom. The van der Waals surface area contributed by atoms with E-state index in [9.17, 15) is 0 Å². The maximum Gasteiger partial charge on any atom is 0.0590 e. The van der Waals surface area contributed by atoms with Gasteiger partial charge in [-0.1, -0.05) is 0 Å². The minimum absolute atomic E-state index is 0.253. The predicted octanol–water partition coefficient (Wildman–Crippen LogP) is 0.383. The molecule has 0 bridgehead atoms. The van der Waals surface area contributed by atoms with Crippen LogP contribution in [0.15, 0.2) is 0 Å². The summed E-state index contributed by atoms with van der Waals surface area (Å²) >= 11 is 0. The van der Waals surface area contributed by atoms with Gasteiger partial charge in [-0.05, 0) is 20.3 Å². The van der Waals surface area contributed by atoms with E-state index in [0.29, 0.717) is 6.04 Å². The van der Waals surface area contributed by atoms with Crippen LogP contribution in [-0.2, 0) is 4.74 Å². The van der Waals surface area contributed by atoms with Gasteiger partial charge in [0.25, 0.3) is 0 Å². The van der Waals surface area contributed by atoms with E-state index in [4.69, 9.17) is 9.84 Å². The van der Waals surface area contributed by atoms with E-state index in [1.165, 1.54) is 0 Å². The van der Waals surface area contributed by atoms with E-state index in [0.717, 1.165) is 26.2 Å². The number of hydrogen-bond donors (Lipinski definition) is 2. The summed E-state index contributed by atoms with van der Waals surface area (Å²) in [6, 6.07) is 0.389. The standard InChI is InChI=1S/C8H19NO2/c1-3-11-7-5-9-8(2)4-6-10/h8-10H,3-7H2,1-2H3. The number of rotatable bonds is 7. The zero-order chi connectivity index (χ0) is 8.53. The highest BCUT2D eigenvalue weighted by Gasteiger charge is 1.97. The minimum atomic E-state index is 0.253. The fourth-order valence-corrected chi connectivity index (χ4v) is 0.818. The molecule has 0 aliphatic rings. The van der Waals surface area contributed by atoms with Gasteiger partial charge in [0.15, 0.2) is 0 Å². The molecule has 3 heteroatoms. The van der Waals surface area contributed by atoms with Gasteiger partial charge in [0.05, 0.1) is 6.61 Å². The molecule has 3 nitrogen and oxygen atoms in total. The zero-order valence-electron chi connectivity index (χ0n) is 7.47. The van der Waals surface area contributed by atoms with Gasteiger partial charge in [-0.3, -0.25) is 0 Å². The van der Waals surface area contributed by atoms with E-state index in [-0.39, 0.29) is 6.61 Å². The molecule has 0 aliphatic heterocycles. The van der Waals surface area contributed by atoms with E-state index in [1.807, 2.05) is 6.92 Å². The molecule has 0 fully saturated rings. The summed E-state index contributed by atoms with van der Waals surface area (Å²) in [5.74, 6) is 0. The molecule has 1 atom stereocenters. The fraction of sp³-hybridized carbons (Fsp3) is 1.00. The summed E-state index contributed by atoms with van der Waals surface area (Å²) in [5, 5.41) is 11.8. The summed E-state index contributed by atoms with van der Waals surface area (Å²) in [6.07, 6.45) is 0.812. The molecule has 11 heavy (non-hydrogen) atoms. The zero-order valence-corrected chi connectivity index (χ0v) is 7.47. The third-order valence-corrected chi connectivity index (χ3v) is 1.51. The highest BCUT2D eigenvalue weighted by molar-refractivity contribution is 4.58. The lowest BCUT2D eigenvalue weighted by Crippen LogP contribution is -2.30. The Balaban J connectivity index is 2.97. The molecule has 1 unspecified atom stereocenters. The molecule has 0 amide bonds. The molecule has 2 N–H and O–H groups in total. The van der Waals surface area contributed by atoms with Crippen molar-refractivity contribution in [3.63, 3.8) is 0 Å². The topological polar surface area (TPSA) is 41.5 Å². The van der Waals surface area contributed by atoms with Gasteiger partial charge < -0.3 is 15.2 Å². The highest BCUT2D eigenvalue weighted by Crippen LogP contribution is 1.86. The monoisotopic (exact) mass is 161 g/mol. The Labute approximate surface area is 68.8 Å². The number of ether oxygens (including phenoxy) is 1. The average Bonchev–Trinajstić information content (AvgIpc) is 1.99. The van der Waals surface area contributed by atoms with Crippen LogP contribution in [0.25, 0.3) is 0 Å². The van der Waals surface area contributed by atoms with Crippen LogP contribution >= 0.6 is 0 Å². The second kappa shape index (κ2) is 7.98. The summed E-state index contributed by atoms with van der Waals surface area (Å²) in [6.45, 7) is 6.69. The summed E-state index contributed by atoms with van der Waals surface area (Å²) in [4.78, 5) is 0. The third kappa shape index (κ3) is 7.78. The van der Waals surface area contributed by atoms with Gasteiger partial charge in [-0.2, -0.15) is 0 Å². The van der Waals surface area contributed by atoms with E-state index < -0.39 is 0 Å². The van der Waals surface area contributed by atoms with Gasteiger partial charge in [-0.25, -0.2) is 0 Å². The average molecular weight is 161 g/mol. The first-order chi connectivity index (χ1) is 5.31. The van der Waals surface area contributed by atoms with Gasteiger partial charge in [-0.15, -0.1) is 0 Å². The lowest BCUT2D eigenvalue weighted by Gasteiger charge is -2.11. The maximum atomic E-state index is 8.57. The van der Waals surface area contributed by atoms with E-state index >= 15 is 0 Å². The Morgan fingerprint density at radius 1 is 1.55 bits per heavy atom. The van der Waals surface area contributed by atoms with Crippen LogP contribution in [0.4, 0.5) is 0 Å². The van der Waals surface area contributed by atoms with Crippen molar-refractivity contribution < 1.29 is 9.84 Å². The van der Waals surface area contributed by atoms with Crippen molar-refractivity contribution in [2.45, 2.75) is 26.3 Å². The Bertz CT molecular complexity index is 78.5. The van der Waals surface area contributed by atoms with Crippen LogP contribution in [-0.4, -0.2) is 37.5 Å². The van der Waals surface area contributed by atoms with Crippen molar-refractivity contribution in [2.75, 3.05) is 26.4 Å². The van der Waals surface area contributed by atoms with Gasteiger partial charge in [0, 0.05) is 25.8 Å². The van der Waals surface area contributed by atoms with Crippen molar-refractivity contribution in [2.24, 2.45) is 0 Å². The highest BCUT2D eigenvalue weighted by atomic mass is 16.5. The molecule has 0 saturated carbocycles. The molecule has 0 aliphatic carbocycles. The van der Waals surface area contributed by atoms with Gasteiger partial charge in [0.2, 0.25) is 0 Å². The quantitative estimate of drug-likeness (QED) is 0.530. The van der Waals surface area contributed by atoms with Gasteiger partial charge >= 0.3 is 0 Å². The molecule has 0 rings (SSSR count). The minimum Gasteiger partial charge on any atom is -0.396 e. The van der Waals surface area contributed by atoms with Crippen molar-refractivity contribution in [3.05, 3.63) is 0 Å². The lowest BCUT2D eigenvalue weighted by molar-refractivity contribution is 0.145. The maximum absolute atomic E-state index is 8.57. The molecule has 0 spiro atoms. The molecule has 0 aromatic carbocycles. The summed E-state index contributed by atoms with van der Waals surface area (Å²) in [5.41, 5.74) is 0. The van der Waals surface area contributed by atoms with Crippen molar-refractivity contribution in [1.82, 2.24) is 5.32 Å². The van der Waals surface area contributed by atoms with Crippen LogP contribution in [0.2, 0.25) is 0 Å². The lowest BCUT2D eigenvalue weighted by atomic mass is 10.2. The van der Waals surface area contributed by atoms with Crippen LogP contribution in [0.3, 0.4) is 0 Å². The SMILES string of the molecule is CCOCCNC(C)CCO. The molecular formula is C8H19NO2. The van der Waals surface area contributed by atoms with Crippen molar-refractivity contribution in [3.8, 4) is 0 Å². The van der Waals surface area contributed by atoms with E-state index in [1.54, 1.807) is 0 Å². The number of hydrogen-bond acceptors (Lipinski definition) is 3. The number of aliphatic hydroxyl groups is 1. The number of nitrogens with one attached hydrogen (secondary N) is 1. The van der Waals surface area contributed by atoms with Crippen LogP contribution in [0.1, 0.15) is 20.3 Å². The molecule has 0 radical (unpaired) electrons.